The number of anilines is 3. The molecule has 0 aliphatic rings. The molecule has 0 bridgehead atoms. The third kappa shape index (κ3) is 3.01. The van der Waals surface area contributed by atoms with E-state index in [1.165, 1.54) is 0 Å². The summed E-state index contributed by atoms with van der Waals surface area (Å²) in [6.07, 6.45) is 0.300. The third-order valence-corrected chi connectivity index (χ3v) is 2.58. The summed E-state index contributed by atoms with van der Waals surface area (Å²) < 4.78 is 0. The summed E-state index contributed by atoms with van der Waals surface area (Å²) in [6.45, 7) is 0. The van der Waals surface area contributed by atoms with Crippen molar-refractivity contribution < 1.29 is 4.79 Å². The standard InChI is InChI=1S/C14H15N3O/c15-11-7-5-10(6-8-11)9-14(18)17-13-4-2-1-3-12(13)16/h1-8H,9,15-16H2,(H,17,18). The predicted molar refractivity (Wildman–Crippen MR) is 74.0 cm³/mol. The van der Waals surface area contributed by atoms with Crippen LogP contribution in [0.25, 0.3) is 0 Å². The molecule has 2 aromatic carbocycles. The summed E-state index contributed by atoms with van der Waals surface area (Å²) in [5, 5.41) is 2.78. The Morgan fingerprint density at radius 2 is 1.67 bits per heavy atom. The number of nitrogen functional groups attached to an aromatic ring is 2. The molecule has 0 saturated carbocycles. The van der Waals surface area contributed by atoms with Crippen LogP contribution in [0.2, 0.25) is 0 Å². The van der Waals surface area contributed by atoms with Gasteiger partial charge in [-0.1, -0.05) is 24.3 Å². The second-order valence-corrected chi connectivity index (χ2v) is 4.05. The first-order valence-electron chi connectivity index (χ1n) is 5.64. The minimum absolute atomic E-state index is 0.0994. The Morgan fingerprint density at radius 3 is 2.33 bits per heavy atom. The van der Waals surface area contributed by atoms with Gasteiger partial charge >= 0.3 is 0 Å². The zero-order chi connectivity index (χ0) is 13.0. The van der Waals surface area contributed by atoms with E-state index in [2.05, 4.69) is 5.32 Å². The molecule has 0 aliphatic heterocycles. The van der Waals surface area contributed by atoms with Gasteiger partial charge in [0.25, 0.3) is 0 Å². The highest BCUT2D eigenvalue weighted by Gasteiger charge is 2.05. The quantitative estimate of drug-likeness (QED) is 0.719. The van der Waals surface area contributed by atoms with E-state index in [9.17, 15) is 4.79 Å². The maximum Gasteiger partial charge on any atom is 0.228 e. The largest absolute Gasteiger partial charge is 0.399 e. The molecule has 4 nitrogen and oxygen atoms in total. The van der Waals surface area contributed by atoms with Gasteiger partial charge in [0, 0.05) is 5.69 Å². The van der Waals surface area contributed by atoms with Crippen LogP contribution < -0.4 is 16.8 Å². The Labute approximate surface area is 106 Å². The Bertz CT molecular complexity index is 549. The fourth-order valence-electron chi connectivity index (χ4n) is 1.63. The van der Waals surface area contributed by atoms with Gasteiger partial charge in [-0.3, -0.25) is 4.79 Å². The molecule has 4 heteroatoms. The number of amides is 1. The van der Waals surface area contributed by atoms with Crippen molar-refractivity contribution in [1.82, 2.24) is 0 Å². The Hall–Kier alpha value is -2.49. The summed E-state index contributed by atoms with van der Waals surface area (Å²) in [4.78, 5) is 11.8. The first-order valence-corrected chi connectivity index (χ1v) is 5.64. The summed E-state index contributed by atoms with van der Waals surface area (Å²) in [6, 6.07) is 14.4. The van der Waals surface area contributed by atoms with Crippen molar-refractivity contribution in [2.75, 3.05) is 16.8 Å². The van der Waals surface area contributed by atoms with E-state index < -0.39 is 0 Å². The number of carbonyl (C=O) groups is 1. The van der Waals surface area contributed by atoms with E-state index in [4.69, 9.17) is 11.5 Å². The minimum Gasteiger partial charge on any atom is -0.399 e. The molecule has 0 heterocycles. The van der Waals surface area contributed by atoms with Gasteiger partial charge in [-0.05, 0) is 29.8 Å². The monoisotopic (exact) mass is 241 g/mol. The van der Waals surface area contributed by atoms with Crippen molar-refractivity contribution in [3.63, 3.8) is 0 Å². The molecule has 0 spiro atoms. The summed E-state index contributed by atoms with van der Waals surface area (Å²) in [5.41, 5.74) is 14.1. The lowest BCUT2D eigenvalue weighted by atomic mass is 10.1. The molecule has 0 atom stereocenters. The van der Waals surface area contributed by atoms with Crippen LogP contribution in [0.1, 0.15) is 5.56 Å². The average Bonchev–Trinajstić information content (AvgIpc) is 2.35. The first kappa shape index (κ1) is 12.0. The zero-order valence-corrected chi connectivity index (χ0v) is 9.89. The van der Waals surface area contributed by atoms with E-state index >= 15 is 0 Å². The van der Waals surface area contributed by atoms with Crippen molar-refractivity contribution >= 4 is 23.0 Å². The van der Waals surface area contributed by atoms with Crippen molar-refractivity contribution in [2.24, 2.45) is 0 Å². The molecule has 2 rings (SSSR count). The van der Waals surface area contributed by atoms with Crippen LogP contribution in [-0.2, 0) is 11.2 Å². The zero-order valence-electron chi connectivity index (χ0n) is 9.89. The smallest absolute Gasteiger partial charge is 0.228 e. The maximum absolute atomic E-state index is 11.8. The highest BCUT2D eigenvalue weighted by atomic mass is 16.1. The topological polar surface area (TPSA) is 81.1 Å². The van der Waals surface area contributed by atoms with Gasteiger partial charge in [0.15, 0.2) is 0 Å². The number of hydrogen-bond acceptors (Lipinski definition) is 3. The lowest BCUT2D eigenvalue weighted by molar-refractivity contribution is -0.115. The highest BCUT2D eigenvalue weighted by Crippen LogP contribution is 2.17. The van der Waals surface area contributed by atoms with Crippen molar-refractivity contribution in [1.29, 1.82) is 0 Å². The SMILES string of the molecule is Nc1ccc(CC(=O)Nc2ccccc2N)cc1. The van der Waals surface area contributed by atoms with Gasteiger partial charge in [-0.25, -0.2) is 0 Å². The van der Waals surface area contributed by atoms with Gasteiger partial charge < -0.3 is 16.8 Å². The van der Waals surface area contributed by atoms with Crippen LogP contribution in [0.3, 0.4) is 0 Å². The fraction of sp³-hybridized carbons (Fsp3) is 0.0714. The number of rotatable bonds is 3. The van der Waals surface area contributed by atoms with Crippen LogP contribution in [0.4, 0.5) is 17.1 Å². The van der Waals surface area contributed by atoms with Crippen LogP contribution in [0.5, 0.6) is 0 Å². The van der Waals surface area contributed by atoms with E-state index in [0.717, 1.165) is 5.56 Å². The molecule has 0 unspecified atom stereocenters. The Kier molecular flexibility index (Phi) is 3.48. The number of nitrogens with two attached hydrogens (primary N) is 2. The number of nitrogens with one attached hydrogen (secondary N) is 1. The number of carbonyl (C=O) groups excluding carboxylic acids is 1. The predicted octanol–water partition coefficient (Wildman–Crippen LogP) is 2.03. The third-order valence-electron chi connectivity index (χ3n) is 2.58. The molecular weight excluding hydrogens is 226 g/mol. The maximum atomic E-state index is 11.8. The minimum atomic E-state index is -0.0994. The van der Waals surface area contributed by atoms with Crippen LogP contribution in [-0.4, -0.2) is 5.91 Å². The molecule has 0 radical (unpaired) electrons. The molecule has 0 aliphatic carbocycles. The van der Waals surface area contributed by atoms with Gasteiger partial charge in [0.05, 0.1) is 17.8 Å². The van der Waals surface area contributed by atoms with Crippen LogP contribution in [0.15, 0.2) is 48.5 Å². The lowest BCUT2D eigenvalue weighted by Gasteiger charge is -2.07. The molecule has 0 saturated heterocycles. The Balaban J connectivity index is 2.01. The molecular formula is C14H15N3O. The number of para-hydroxylation sites is 2. The normalized spacial score (nSPS) is 10.0. The lowest BCUT2D eigenvalue weighted by Crippen LogP contribution is -2.15. The second-order valence-electron chi connectivity index (χ2n) is 4.05. The average molecular weight is 241 g/mol. The first-order chi connectivity index (χ1) is 8.65. The molecule has 1 amide bonds. The van der Waals surface area contributed by atoms with Gasteiger partial charge in [0.2, 0.25) is 5.91 Å². The molecule has 0 aromatic heterocycles. The van der Waals surface area contributed by atoms with Crippen molar-refractivity contribution in [3.8, 4) is 0 Å². The summed E-state index contributed by atoms with van der Waals surface area (Å²) in [5.74, 6) is -0.0994. The second kappa shape index (κ2) is 5.23. The van der Waals surface area contributed by atoms with Gasteiger partial charge in [-0.15, -0.1) is 0 Å². The molecule has 92 valence electrons. The van der Waals surface area contributed by atoms with Gasteiger partial charge in [0.1, 0.15) is 0 Å². The Morgan fingerprint density at radius 1 is 1.00 bits per heavy atom. The van der Waals surface area contributed by atoms with Crippen LogP contribution in [0, 0.1) is 0 Å². The molecule has 2 aromatic rings. The summed E-state index contributed by atoms with van der Waals surface area (Å²) in [7, 11) is 0. The molecule has 18 heavy (non-hydrogen) atoms. The molecule has 5 N–H and O–H groups in total. The van der Waals surface area contributed by atoms with E-state index in [1.807, 2.05) is 24.3 Å². The highest BCUT2D eigenvalue weighted by molar-refractivity contribution is 5.95. The van der Waals surface area contributed by atoms with Crippen LogP contribution >= 0.6 is 0 Å². The van der Waals surface area contributed by atoms with Crippen molar-refractivity contribution in [2.45, 2.75) is 6.42 Å². The van der Waals surface area contributed by atoms with Gasteiger partial charge in [-0.2, -0.15) is 0 Å². The van der Waals surface area contributed by atoms with E-state index in [-0.39, 0.29) is 5.91 Å². The van der Waals surface area contributed by atoms with E-state index in [1.54, 1.807) is 24.3 Å². The van der Waals surface area contributed by atoms with Crippen molar-refractivity contribution in [3.05, 3.63) is 54.1 Å². The summed E-state index contributed by atoms with van der Waals surface area (Å²) >= 11 is 0. The molecule has 0 fully saturated rings. The fourth-order valence-corrected chi connectivity index (χ4v) is 1.63. The number of benzene rings is 2. The van der Waals surface area contributed by atoms with E-state index in [0.29, 0.717) is 23.5 Å². The number of hydrogen-bond donors (Lipinski definition) is 3.